The molecular weight excluding hydrogens is 322 g/mol. The number of aliphatic hydroxyl groups is 1. The van der Waals surface area contributed by atoms with Crippen LogP contribution in [0, 0.1) is 5.92 Å². The summed E-state index contributed by atoms with van der Waals surface area (Å²) in [7, 11) is 0. The average molecular weight is 342 g/mol. The molecule has 2 rings (SSSR count). The molecule has 0 saturated carbocycles. The normalized spacial score (nSPS) is 24.3. The standard InChI is InChI=1S/C15H20BrNO3/c1-10-7-8-17(9-13(10)18)15(19)11(2)20-14-6-4-3-5-12(14)16/h3-6,10-11,13,18H,7-9H2,1-2H3. The van der Waals surface area contributed by atoms with Crippen molar-refractivity contribution in [2.24, 2.45) is 5.92 Å². The second-order valence-electron chi connectivity index (χ2n) is 5.31. The molecule has 0 radical (unpaired) electrons. The molecule has 4 nitrogen and oxygen atoms in total. The summed E-state index contributed by atoms with van der Waals surface area (Å²) in [5.41, 5.74) is 0. The van der Waals surface area contributed by atoms with Gasteiger partial charge in [-0.25, -0.2) is 0 Å². The maximum atomic E-state index is 12.3. The zero-order chi connectivity index (χ0) is 14.7. The smallest absolute Gasteiger partial charge is 0.263 e. The molecule has 5 heteroatoms. The molecule has 110 valence electrons. The Bertz CT molecular complexity index is 480. The first-order valence-electron chi connectivity index (χ1n) is 6.87. The molecule has 1 aliphatic heterocycles. The van der Waals surface area contributed by atoms with Crippen molar-refractivity contribution < 1.29 is 14.6 Å². The van der Waals surface area contributed by atoms with Crippen LogP contribution in [0.25, 0.3) is 0 Å². The lowest BCUT2D eigenvalue weighted by molar-refractivity contribution is -0.142. The van der Waals surface area contributed by atoms with Crippen LogP contribution in [0.4, 0.5) is 0 Å². The number of rotatable bonds is 3. The van der Waals surface area contributed by atoms with Gasteiger partial charge in [0.2, 0.25) is 0 Å². The number of β-amino-alcohol motifs (C(OH)–C–C–N with tert-alkyl or cyclic N) is 1. The fourth-order valence-electron chi connectivity index (χ4n) is 2.29. The number of halogens is 1. The average Bonchev–Trinajstić information content (AvgIpc) is 2.43. The van der Waals surface area contributed by atoms with Crippen LogP contribution in [0.15, 0.2) is 28.7 Å². The molecule has 1 aromatic carbocycles. The lowest BCUT2D eigenvalue weighted by atomic mass is 9.96. The van der Waals surface area contributed by atoms with Gasteiger partial charge in [-0.3, -0.25) is 4.79 Å². The van der Waals surface area contributed by atoms with Gasteiger partial charge >= 0.3 is 0 Å². The summed E-state index contributed by atoms with van der Waals surface area (Å²) in [4.78, 5) is 14.0. The number of amides is 1. The van der Waals surface area contributed by atoms with Gasteiger partial charge in [0.25, 0.3) is 5.91 Å². The monoisotopic (exact) mass is 341 g/mol. The molecule has 1 amide bonds. The van der Waals surface area contributed by atoms with Crippen LogP contribution in [-0.2, 0) is 4.79 Å². The molecule has 1 aromatic rings. The van der Waals surface area contributed by atoms with Crippen LogP contribution in [0.2, 0.25) is 0 Å². The number of ether oxygens (including phenoxy) is 1. The number of para-hydroxylation sites is 1. The van der Waals surface area contributed by atoms with E-state index in [0.717, 1.165) is 10.9 Å². The maximum absolute atomic E-state index is 12.3. The first-order chi connectivity index (χ1) is 9.49. The molecule has 1 heterocycles. The van der Waals surface area contributed by atoms with E-state index in [0.29, 0.717) is 18.8 Å². The highest BCUT2D eigenvalue weighted by Crippen LogP contribution is 2.25. The summed E-state index contributed by atoms with van der Waals surface area (Å²) in [5.74, 6) is 0.824. The molecule has 0 bridgehead atoms. The first-order valence-corrected chi connectivity index (χ1v) is 7.66. The topological polar surface area (TPSA) is 49.8 Å². The van der Waals surface area contributed by atoms with E-state index < -0.39 is 12.2 Å². The molecule has 1 fully saturated rings. The van der Waals surface area contributed by atoms with Crippen molar-refractivity contribution in [2.45, 2.75) is 32.5 Å². The van der Waals surface area contributed by atoms with E-state index in [1.165, 1.54) is 0 Å². The van der Waals surface area contributed by atoms with Gasteiger partial charge in [0.1, 0.15) is 5.75 Å². The highest BCUT2D eigenvalue weighted by atomic mass is 79.9. The van der Waals surface area contributed by atoms with Crippen LogP contribution >= 0.6 is 15.9 Å². The maximum Gasteiger partial charge on any atom is 0.263 e. The summed E-state index contributed by atoms with van der Waals surface area (Å²) in [6.45, 7) is 4.82. The lowest BCUT2D eigenvalue weighted by Gasteiger charge is -2.35. The quantitative estimate of drug-likeness (QED) is 0.918. The van der Waals surface area contributed by atoms with E-state index in [9.17, 15) is 9.90 Å². The minimum Gasteiger partial charge on any atom is -0.480 e. The molecule has 0 aliphatic carbocycles. The minimum absolute atomic E-state index is 0.0771. The number of carbonyl (C=O) groups is 1. The molecule has 1 aliphatic rings. The second-order valence-corrected chi connectivity index (χ2v) is 6.16. The number of benzene rings is 1. The van der Waals surface area contributed by atoms with E-state index in [-0.39, 0.29) is 11.8 Å². The number of aliphatic hydroxyl groups excluding tert-OH is 1. The third-order valence-corrected chi connectivity index (χ3v) is 4.37. The van der Waals surface area contributed by atoms with Crippen molar-refractivity contribution in [3.63, 3.8) is 0 Å². The summed E-state index contributed by atoms with van der Waals surface area (Å²) in [6, 6.07) is 7.45. The van der Waals surface area contributed by atoms with E-state index in [1.807, 2.05) is 31.2 Å². The van der Waals surface area contributed by atoms with E-state index in [2.05, 4.69) is 15.9 Å². The lowest BCUT2D eigenvalue weighted by Crippen LogP contribution is -2.49. The van der Waals surface area contributed by atoms with Crippen LogP contribution in [0.5, 0.6) is 5.75 Å². The molecular formula is C15H20BrNO3. The Morgan fingerprint density at radius 2 is 2.20 bits per heavy atom. The number of hydrogen-bond acceptors (Lipinski definition) is 3. The van der Waals surface area contributed by atoms with Gasteiger partial charge in [0.15, 0.2) is 6.10 Å². The van der Waals surface area contributed by atoms with Crippen molar-refractivity contribution >= 4 is 21.8 Å². The van der Waals surface area contributed by atoms with Crippen molar-refractivity contribution in [1.82, 2.24) is 4.90 Å². The molecule has 20 heavy (non-hydrogen) atoms. The third kappa shape index (κ3) is 3.52. The molecule has 3 atom stereocenters. The van der Waals surface area contributed by atoms with E-state index >= 15 is 0 Å². The highest BCUT2D eigenvalue weighted by Gasteiger charge is 2.30. The Balaban J connectivity index is 1.97. The Morgan fingerprint density at radius 3 is 2.85 bits per heavy atom. The van der Waals surface area contributed by atoms with Gasteiger partial charge in [0, 0.05) is 13.1 Å². The zero-order valence-electron chi connectivity index (χ0n) is 11.8. The van der Waals surface area contributed by atoms with Crippen LogP contribution in [0.1, 0.15) is 20.3 Å². The predicted molar refractivity (Wildman–Crippen MR) is 80.6 cm³/mol. The van der Waals surface area contributed by atoms with E-state index in [4.69, 9.17) is 4.74 Å². The number of piperidine rings is 1. The molecule has 3 unspecified atom stereocenters. The third-order valence-electron chi connectivity index (χ3n) is 3.72. The second kappa shape index (κ2) is 6.59. The largest absolute Gasteiger partial charge is 0.480 e. The molecule has 0 aromatic heterocycles. The first kappa shape index (κ1) is 15.3. The van der Waals surface area contributed by atoms with Gasteiger partial charge in [-0.2, -0.15) is 0 Å². The highest BCUT2D eigenvalue weighted by molar-refractivity contribution is 9.10. The van der Waals surface area contributed by atoms with Crippen molar-refractivity contribution in [2.75, 3.05) is 13.1 Å². The Morgan fingerprint density at radius 1 is 1.50 bits per heavy atom. The SMILES string of the molecule is CC(Oc1ccccc1Br)C(=O)N1CCC(C)C(O)C1. The van der Waals surface area contributed by atoms with Crippen LogP contribution < -0.4 is 4.74 Å². The summed E-state index contributed by atoms with van der Waals surface area (Å²) < 4.78 is 6.53. The summed E-state index contributed by atoms with van der Waals surface area (Å²) in [5, 5.41) is 9.87. The number of likely N-dealkylation sites (tertiary alicyclic amines) is 1. The van der Waals surface area contributed by atoms with E-state index in [1.54, 1.807) is 11.8 Å². The van der Waals surface area contributed by atoms with Crippen molar-refractivity contribution in [3.8, 4) is 5.75 Å². The molecule has 1 N–H and O–H groups in total. The van der Waals surface area contributed by atoms with Gasteiger partial charge in [-0.05, 0) is 47.3 Å². The Labute approximate surface area is 127 Å². The van der Waals surface area contributed by atoms with Crippen LogP contribution in [-0.4, -0.2) is 41.2 Å². The minimum atomic E-state index is -0.561. The summed E-state index contributed by atoms with van der Waals surface area (Å²) >= 11 is 3.40. The summed E-state index contributed by atoms with van der Waals surface area (Å²) in [6.07, 6.45) is -0.174. The van der Waals surface area contributed by atoms with Crippen molar-refractivity contribution in [1.29, 1.82) is 0 Å². The van der Waals surface area contributed by atoms with Gasteiger partial charge in [-0.1, -0.05) is 19.1 Å². The number of nitrogens with zero attached hydrogens (tertiary/aromatic N) is 1. The van der Waals surface area contributed by atoms with Crippen molar-refractivity contribution in [3.05, 3.63) is 28.7 Å². The molecule has 0 spiro atoms. The number of hydrogen-bond donors (Lipinski definition) is 1. The fraction of sp³-hybridized carbons (Fsp3) is 0.533. The van der Waals surface area contributed by atoms with Gasteiger partial charge in [0.05, 0.1) is 10.6 Å². The Hall–Kier alpha value is -1.07. The fourth-order valence-corrected chi connectivity index (χ4v) is 2.67. The number of carbonyl (C=O) groups excluding carboxylic acids is 1. The Kier molecular flexibility index (Phi) is 5.05. The predicted octanol–water partition coefficient (Wildman–Crippen LogP) is 2.45. The zero-order valence-corrected chi connectivity index (χ0v) is 13.3. The van der Waals surface area contributed by atoms with Crippen LogP contribution in [0.3, 0.4) is 0 Å². The molecule has 1 saturated heterocycles. The van der Waals surface area contributed by atoms with Gasteiger partial charge in [-0.15, -0.1) is 0 Å². The van der Waals surface area contributed by atoms with Gasteiger partial charge < -0.3 is 14.7 Å².